The lowest BCUT2D eigenvalue weighted by atomic mass is 9.92. The van der Waals surface area contributed by atoms with Gasteiger partial charge in [0.05, 0.1) is 13.7 Å². The third kappa shape index (κ3) is 4.81. The van der Waals surface area contributed by atoms with Crippen molar-refractivity contribution in [2.75, 3.05) is 14.2 Å². The number of benzene rings is 1. The fourth-order valence-electron chi connectivity index (χ4n) is 2.06. The van der Waals surface area contributed by atoms with Gasteiger partial charge >= 0.3 is 0 Å². The second-order valence-corrected chi connectivity index (χ2v) is 6.73. The zero-order valence-corrected chi connectivity index (χ0v) is 14.3. The molecule has 0 aliphatic rings. The fourth-order valence-corrected chi connectivity index (χ4v) is 2.06. The van der Waals surface area contributed by atoms with Crippen LogP contribution in [0.15, 0.2) is 28.8 Å². The smallest absolute Gasteiger partial charge is 0.246 e. The number of nitrogens with zero attached hydrogens (tertiary/aromatic N) is 3. The molecule has 0 fully saturated rings. The van der Waals surface area contributed by atoms with Crippen LogP contribution in [0.25, 0.3) is 11.4 Å². The van der Waals surface area contributed by atoms with Crippen molar-refractivity contribution in [1.82, 2.24) is 15.0 Å². The molecule has 0 saturated heterocycles. The van der Waals surface area contributed by atoms with E-state index in [1.54, 1.807) is 19.1 Å². The molecule has 23 heavy (non-hydrogen) atoms. The lowest BCUT2D eigenvalue weighted by Crippen LogP contribution is -2.29. The Labute approximate surface area is 136 Å². The van der Waals surface area contributed by atoms with Crippen molar-refractivity contribution in [2.24, 2.45) is 5.41 Å². The van der Waals surface area contributed by atoms with Gasteiger partial charge in [-0.25, -0.2) is 0 Å². The summed E-state index contributed by atoms with van der Waals surface area (Å²) in [4.78, 5) is 18.1. The molecule has 0 bridgehead atoms. The van der Waals surface area contributed by atoms with Crippen molar-refractivity contribution in [3.8, 4) is 17.1 Å². The number of rotatable bonds is 5. The van der Waals surface area contributed by atoms with Gasteiger partial charge in [-0.05, 0) is 29.7 Å². The van der Waals surface area contributed by atoms with E-state index in [0.717, 1.165) is 11.3 Å². The standard InChI is InChI=1S/C17H23N3O3/c1-17(2,3)10-15(21)20(4)11-14-18-16(19-23-14)12-6-8-13(22-5)9-7-12/h6-9H,10-11H2,1-5H3. The van der Waals surface area contributed by atoms with Gasteiger partial charge in [0.2, 0.25) is 17.6 Å². The van der Waals surface area contributed by atoms with E-state index in [1.165, 1.54) is 0 Å². The summed E-state index contributed by atoms with van der Waals surface area (Å²) in [5, 5.41) is 3.96. The van der Waals surface area contributed by atoms with Crippen LogP contribution in [0.1, 0.15) is 33.1 Å². The molecule has 0 aliphatic heterocycles. The Balaban J connectivity index is 2.02. The van der Waals surface area contributed by atoms with Gasteiger partial charge in [0.1, 0.15) is 5.75 Å². The maximum atomic E-state index is 12.1. The van der Waals surface area contributed by atoms with Gasteiger partial charge in [-0.1, -0.05) is 25.9 Å². The average molecular weight is 317 g/mol. The molecular formula is C17H23N3O3. The Morgan fingerprint density at radius 2 is 1.91 bits per heavy atom. The molecule has 1 amide bonds. The molecule has 0 aliphatic carbocycles. The minimum Gasteiger partial charge on any atom is -0.497 e. The summed E-state index contributed by atoms with van der Waals surface area (Å²) < 4.78 is 10.4. The number of carbonyl (C=O) groups is 1. The highest BCUT2D eigenvalue weighted by Crippen LogP contribution is 2.21. The van der Waals surface area contributed by atoms with E-state index < -0.39 is 0 Å². The van der Waals surface area contributed by atoms with E-state index in [-0.39, 0.29) is 11.3 Å². The first-order chi connectivity index (χ1) is 10.8. The van der Waals surface area contributed by atoms with Gasteiger partial charge < -0.3 is 14.2 Å². The quantitative estimate of drug-likeness (QED) is 0.847. The first kappa shape index (κ1) is 17.0. The molecule has 0 radical (unpaired) electrons. The first-order valence-corrected chi connectivity index (χ1v) is 7.49. The minimum absolute atomic E-state index is 0.0472. The van der Waals surface area contributed by atoms with Gasteiger partial charge in [0.25, 0.3) is 0 Å². The molecule has 1 aromatic carbocycles. The molecule has 0 unspecified atom stereocenters. The minimum atomic E-state index is -0.0472. The second-order valence-electron chi connectivity index (χ2n) is 6.73. The fraction of sp³-hybridized carbons (Fsp3) is 0.471. The van der Waals surface area contributed by atoms with E-state index in [1.807, 2.05) is 45.0 Å². The summed E-state index contributed by atoms with van der Waals surface area (Å²) in [6, 6.07) is 7.40. The van der Waals surface area contributed by atoms with E-state index in [0.29, 0.717) is 24.7 Å². The second kappa shape index (κ2) is 6.81. The highest BCUT2D eigenvalue weighted by molar-refractivity contribution is 5.76. The van der Waals surface area contributed by atoms with Crippen LogP contribution in [0, 0.1) is 5.41 Å². The highest BCUT2D eigenvalue weighted by atomic mass is 16.5. The Kier molecular flexibility index (Phi) is 5.03. The van der Waals surface area contributed by atoms with Crippen LogP contribution in [-0.2, 0) is 11.3 Å². The largest absolute Gasteiger partial charge is 0.497 e. The summed E-state index contributed by atoms with van der Waals surface area (Å²) in [7, 11) is 3.36. The van der Waals surface area contributed by atoms with Gasteiger partial charge in [0, 0.05) is 19.0 Å². The van der Waals surface area contributed by atoms with E-state index in [2.05, 4.69) is 10.1 Å². The van der Waals surface area contributed by atoms with Crippen molar-refractivity contribution in [3.63, 3.8) is 0 Å². The van der Waals surface area contributed by atoms with Crippen LogP contribution in [-0.4, -0.2) is 35.1 Å². The monoisotopic (exact) mass is 317 g/mol. The molecule has 2 aromatic rings. The van der Waals surface area contributed by atoms with Crippen molar-refractivity contribution in [1.29, 1.82) is 0 Å². The van der Waals surface area contributed by atoms with Crippen LogP contribution >= 0.6 is 0 Å². The van der Waals surface area contributed by atoms with Crippen molar-refractivity contribution < 1.29 is 14.1 Å². The van der Waals surface area contributed by atoms with E-state index in [9.17, 15) is 4.79 Å². The predicted molar refractivity (Wildman–Crippen MR) is 86.8 cm³/mol. The normalized spacial score (nSPS) is 11.3. The Bertz CT molecular complexity index is 656. The Morgan fingerprint density at radius 1 is 1.26 bits per heavy atom. The zero-order chi connectivity index (χ0) is 17.0. The molecule has 0 N–H and O–H groups in total. The maximum absolute atomic E-state index is 12.1. The molecule has 6 heteroatoms. The number of hydrogen-bond donors (Lipinski definition) is 0. The lowest BCUT2D eigenvalue weighted by molar-refractivity contribution is -0.132. The average Bonchev–Trinajstić information content (AvgIpc) is 2.94. The SMILES string of the molecule is COc1ccc(-c2noc(CN(C)C(=O)CC(C)(C)C)n2)cc1. The molecule has 0 saturated carbocycles. The van der Waals surface area contributed by atoms with Crippen molar-refractivity contribution in [3.05, 3.63) is 30.2 Å². The van der Waals surface area contributed by atoms with Gasteiger partial charge in [-0.2, -0.15) is 4.98 Å². The molecule has 124 valence electrons. The number of hydrogen-bond acceptors (Lipinski definition) is 5. The van der Waals surface area contributed by atoms with E-state index >= 15 is 0 Å². The highest BCUT2D eigenvalue weighted by Gasteiger charge is 2.20. The van der Waals surface area contributed by atoms with Gasteiger partial charge in [-0.3, -0.25) is 4.79 Å². The number of amides is 1. The number of carbonyl (C=O) groups excluding carboxylic acids is 1. The van der Waals surface area contributed by atoms with Crippen LogP contribution in [0.5, 0.6) is 5.75 Å². The number of aromatic nitrogens is 2. The lowest BCUT2D eigenvalue weighted by Gasteiger charge is -2.22. The van der Waals surface area contributed by atoms with E-state index in [4.69, 9.17) is 9.26 Å². The van der Waals surface area contributed by atoms with Crippen LogP contribution < -0.4 is 4.74 Å². The molecular weight excluding hydrogens is 294 g/mol. The molecule has 6 nitrogen and oxygen atoms in total. The topological polar surface area (TPSA) is 68.5 Å². The molecule has 0 atom stereocenters. The summed E-state index contributed by atoms with van der Waals surface area (Å²) >= 11 is 0. The van der Waals surface area contributed by atoms with Crippen molar-refractivity contribution >= 4 is 5.91 Å². The molecule has 0 spiro atoms. The summed E-state index contributed by atoms with van der Waals surface area (Å²) in [6.07, 6.45) is 0.475. The van der Waals surface area contributed by atoms with Crippen LogP contribution in [0.2, 0.25) is 0 Å². The Hall–Kier alpha value is -2.37. The number of methoxy groups -OCH3 is 1. The molecule has 2 rings (SSSR count). The predicted octanol–water partition coefficient (Wildman–Crippen LogP) is 3.14. The summed E-state index contributed by atoms with van der Waals surface area (Å²) in [6.45, 7) is 6.41. The first-order valence-electron chi connectivity index (χ1n) is 7.49. The molecule has 1 heterocycles. The maximum Gasteiger partial charge on any atom is 0.246 e. The third-order valence-electron chi connectivity index (χ3n) is 3.30. The van der Waals surface area contributed by atoms with Crippen molar-refractivity contribution in [2.45, 2.75) is 33.7 Å². The molecule has 1 aromatic heterocycles. The summed E-state index contributed by atoms with van der Waals surface area (Å²) in [5.41, 5.74) is 0.790. The summed E-state index contributed by atoms with van der Waals surface area (Å²) in [5.74, 6) is 1.74. The Morgan fingerprint density at radius 3 is 2.48 bits per heavy atom. The van der Waals surface area contributed by atoms with Gasteiger partial charge in [0.15, 0.2) is 0 Å². The zero-order valence-electron chi connectivity index (χ0n) is 14.3. The number of ether oxygens (including phenoxy) is 1. The van der Waals surface area contributed by atoms with Gasteiger partial charge in [-0.15, -0.1) is 0 Å². The third-order valence-corrected chi connectivity index (χ3v) is 3.30. The van der Waals surface area contributed by atoms with Crippen LogP contribution in [0.3, 0.4) is 0 Å². The van der Waals surface area contributed by atoms with Crippen LogP contribution in [0.4, 0.5) is 0 Å².